The van der Waals surface area contributed by atoms with E-state index >= 15 is 0 Å². The Morgan fingerprint density at radius 1 is 0.794 bits per heavy atom. The second kappa shape index (κ2) is 10.2. The maximum atomic E-state index is 11.5. The van der Waals surface area contributed by atoms with Crippen molar-refractivity contribution >= 4 is 22.6 Å². The first kappa shape index (κ1) is 28.3. The lowest BCUT2D eigenvalue weighted by Crippen LogP contribution is -2.51. The normalized spacial score (nSPS) is 32.3. The van der Waals surface area contributed by atoms with Gasteiger partial charge < -0.3 is 23.1 Å². The van der Waals surface area contributed by atoms with Crippen molar-refractivity contribution < 1.29 is 27.9 Å². The van der Waals surface area contributed by atoms with Gasteiger partial charge in [0.2, 0.25) is 0 Å². The van der Waals surface area contributed by atoms with E-state index in [2.05, 4.69) is 67.7 Å². The first-order chi connectivity index (χ1) is 15.5. The Morgan fingerprint density at radius 3 is 1.85 bits per heavy atom. The molecule has 0 unspecified atom stereocenters. The molecule has 0 N–H and O–H groups in total. The molecule has 0 saturated carbocycles. The zero-order valence-electron chi connectivity index (χ0n) is 23.4. The van der Waals surface area contributed by atoms with Crippen LogP contribution in [0.4, 0.5) is 0 Å². The van der Waals surface area contributed by atoms with E-state index in [0.29, 0.717) is 13.0 Å². The quantitative estimate of drug-likeness (QED) is 0.284. The highest BCUT2D eigenvalue weighted by Gasteiger charge is 2.47. The van der Waals surface area contributed by atoms with E-state index in [-0.39, 0.29) is 52.7 Å². The molecule has 0 aromatic rings. The zero-order chi connectivity index (χ0) is 25.5. The molecule has 0 spiro atoms. The van der Waals surface area contributed by atoms with Crippen molar-refractivity contribution in [1.82, 2.24) is 0 Å². The molecular formula is C26H50O6Si2. The summed E-state index contributed by atoms with van der Waals surface area (Å²) in [4.78, 5) is 11.5. The number of ether oxygens (including phenoxy) is 3. The number of rotatable bonds is 8. The van der Waals surface area contributed by atoms with Crippen molar-refractivity contribution in [2.75, 3.05) is 6.61 Å². The van der Waals surface area contributed by atoms with Gasteiger partial charge in [0.1, 0.15) is 6.10 Å². The van der Waals surface area contributed by atoms with Gasteiger partial charge in [-0.1, -0.05) is 41.5 Å². The van der Waals surface area contributed by atoms with E-state index in [1.54, 1.807) is 0 Å². The van der Waals surface area contributed by atoms with Crippen LogP contribution in [0, 0.1) is 0 Å². The van der Waals surface area contributed by atoms with Crippen LogP contribution < -0.4 is 0 Å². The van der Waals surface area contributed by atoms with Crippen LogP contribution in [0.1, 0.15) is 80.1 Å². The third-order valence-electron chi connectivity index (χ3n) is 9.00. The van der Waals surface area contributed by atoms with Crippen molar-refractivity contribution in [3.05, 3.63) is 0 Å². The Balaban J connectivity index is 1.64. The lowest BCUT2D eigenvalue weighted by Gasteiger charge is -2.43. The van der Waals surface area contributed by atoms with Gasteiger partial charge in [-0.2, -0.15) is 0 Å². The van der Waals surface area contributed by atoms with Gasteiger partial charge in [-0.25, -0.2) is 0 Å². The van der Waals surface area contributed by atoms with Crippen LogP contribution in [0.5, 0.6) is 0 Å². The van der Waals surface area contributed by atoms with Crippen molar-refractivity contribution in [3.8, 4) is 0 Å². The lowest BCUT2D eigenvalue weighted by molar-refractivity contribution is -0.149. The van der Waals surface area contributed by atoms with Gasteiger partial charge in [0.05, 0.1) is 37.1 Å². The van der Waals surface area contributed by atoms with Crippen LogP contribution in [0.2, 0.25) is 36.3 Å². The summed E-state index contributed by atoms with van der Waals surface area (Å²) in [6.07, 6.45) is 5.17. The summed E-state index contributed by atoms with van der Waals surface area (Å²) in [5.74, 6) is -0.0958. The number of hydrogen-bond acceptors (Lipinski definition) is 6. The molecule has 0 radical (unpaired) electrons. The van der Waals surface area contributed by atoms with Crippen LogP contribution in [0.25, 0.3) is 0 Å². The van der Waals surface area contributed by atoms with Crippen molar-refractivity contribution in [2.45, 2.75) is 153 Å². The summed E-state index contributed by atoms with van der Waals surface area (Å²) in [6, 6.07) is 0. The predicted octanol–water partition coefficient (Wildman–Crippen LogP) is 6.20. The Kier molecular flexibility index (Phi) is 8.53. The Labute approximate surface area is 210 Å². The average molecular weight is 515 g/mol. The summed E-state index contributed by atoms with van der Waals surface area (Å²) < 4.78 is 32.1. The number of cyclic esters (lactones) is 1. The van der Waals surface area contributed by atoms with Gasteiger partial charge >= 0.3 is 5.97 Å². The summed E-state index contributed by atoms with van der Waals surface area (Å²) in [7, 11) is -3.89. The highest BCUT2D eigenvalue weighted by molar-refractivity contribution is 6.74. The highest BCUT2D eigenvalue weighted by Crippen LogP contribution is 2.42. The molecule has 198 valence electrons. The molecular weight excluding hydrogens is 464 g/mol. The fourth-order valence-corrected chi connectivity index (χ4v) is 6.90. The van der Waals surface area contributed by atoms with Gasteiger partial charge in [-0.15, -0.1) is 0 Å². The molecule has 0 aromatic heterocycles. The third kappa shape index (κ3) is 6.54. The smallest absolute Gasteiger partial charge is 0.306 e. The summed E-state index contributed by atoms with van der Waals surface area (Å²) in [5, 5.41) is 0.282. The first-order valence-corrected chi connectivity index (χ1v) is 19.1. The monoisotopic (exact) mass is 514 g/mol. The molecule has 3 aliphatic heterocycles. The highest BCUT2D eigenvalue weighted by atomic mass is 28.4. The molecule has 3 heterocycles. The molecule has 6 atom stereocenters. The fourth-order valence-electron chi connectivity index (χ4n) is 4.56. The minimum Gasteiger partial charge on any atom is -0.460 e. The van der Waals surface area contributed by atoms with Gasteiger partial charge in [-0.3, -0.25) is 4.79 Å². The summed E-state index contributed by atoms with van der Waals surface area (Å²) in [5.41, 5.74) is 0. The average Bonchev–Trinajstić information content (AvgIpc) is 3.42. The molecule has 0 bridgehead atoms. The number of carbonyl (C=O) groups excluding carboxylic acids is 1. The van der Waals surface area contributed by atoms with Crippen LogP contribution in [0.15, 0.2) is 0 Å². The summed E-state index contributed by atoms with van der Waals surface area (Å²) in [6.45, 7) is 23.5. The van der Waals surface area contributed by atoms with Crippen molar-refractivity contribution in [3.63, 3.8) is 0 Å². The second-order valence-corrected chi connectivity index (χ2v) is 23.2. The minimum atomic E-state index is -1.99. The van der Waals surface area contributed by atoms with E-state index in [4.69, 9.17) is 23.1 Å². The Hall–Kier alpha value is -0.256. The molecule has 3 saturated heterocycles. The maximum Gasteiger partial charge on any atom is 0.306 e. The van der Waals surface area contributed by atoms with E-state index in [9.17, 15) is 4.79 Å². The molecule has 0 aliphatic carbocycles. The van der Waals surface area contributed by atoms with E-state index < -0.39 is 16.6 Å². The van der Waals surface area contributed by atoms with Gasteiger partial charge in [0.15, 0.2) is 16.6 Å². The molecule has 0 amide bonds. The van der Waals surface area contributed by atoms with Crippen LogP contribution in [0.3, 0.4) is 0 Å². The standard InChI is InChI=1S/C26H50O6Si2/c1-25(2,3)33(7,8)28-17-23(32-34(9,10)26(4,5)6)22-14-13-19(30-22)18-11-12-20(29-18)21-15-16-24(27)31-21/h18-23H,11-17H2,1-10H3/t18-,19-,20-,21-,22-,23-/m1/s1. The SMILES string of the molecule is CC(C)(C)[Si](C)(C)OC[C@@H](O[Si](C)(C)C(C)(C)C)[C@H]1CC[C@H]([C@H]2CC[C@H]([C@H]3CCC(=O)O3)O2)O1. The van der Waals surface area contributed by atoms with Crippen molar-refractivity contribution in [2.24, 2.45) is 0 Å². The van der Waals surface area contributed by atoms with Crippen LogP contribution >= 0.6 is 0 Å². The Bertz CT molecular complexity index is 711. The zero-order valence-corrected chi connectivity index (χ0v) is 25.4. The first-order valence-electron chi connectivity index (χ1n) is 13.3. The largest absolute Gasteiger partial charge is 0.460 e. The third-order valence-corrected chi connectivity index (χ3v) is 18.0. The van der Waals surface area contributed by atoms with E-state index in [0.717, 1.165) is 32.1 Å². The minimum absolute atomic E-state index is 0.0142. The Morgan fingerprint density at radius 2 is 1.32 bits per heavy atom. The van der Waals surface area contributed by atoms with Gasteiger partial charge in [0.25, 0.3) is 0 Å². The van der Waals surface area contributed by atoms with Gasteiger partial charge in [0, 0.05) is 6.42 Å². The maximum absolute atomic E-state index is 11.5. The van der Waals surface area contributed by atoms with Crippen molar-refractivity contribution in [1.29, 1.82) is 0 Å². The molecule has 0 aromatic carbocycles. The van der Waals surface area contributed by atoms with Gasteiger partial charge in [-0.05, 0) is 68.4 Å². The summed E-state index contributed by atoms with van der Waals surface area (Å²) >= 11 is 0. The lowest BCUT2D eigenvalue weighted by atomic mass is 10.0. The molecule has 3 fully saturated rings. The van der Waals surface area contributed by atoms with E-state index in [1.807, 2.05) is 0 Å². The molecule has 3 aliphatic rings. The van der Waals surface area contributed by atoms with Crippen LogP contribution in [-0.4, -0.2) is 65.8 Å². The second-order valence-electron chi connectivity index (χ2n) is 13.6. The molecule has 3 rings (SSSR count). The number of esters is 1. The van der Waals surface area contributed by atoms with Crippen LogP contribution in [-0.2, 0) is 27.9 Å². The predicted molar refractivity (Wildman–Crippen MR) is 140 cm³/mol. The van der Waals surface area contributed by atoms with E-state index in [1.165, 1.54) is 0 Å². The topological polar surface area (TPSA) is 63.2 Å². The number of carbonyl (C=O) groups is 1. The molecule has 8 heteroatoms. The fraction of sp³-hybridized carbons (Fsp3) is 0.962. The molecule has 34 heavy (non-hydrogen) atoms. The number of hydrogen-bond donors (Lipinski definition) is 0. The molecule has 6 nitrogen and oxygen atoms in total.